The molecular weight excluding hydrogens is 236 g/mol. The average Bonchev–Trinajstić information content (AvgIpc) is 2.98. The van der Waals surface area contributed by atoms with Gasteiger partial charge in [-0.15, -0.1) is 0 Å². The van der Waals surface area contributed by atoms with E-state index in [-0.39, 0.29) is 0 Å². The predicted octanol–water partition coefficient (Wildman–Crippen LogP) is 2.10. The SMILES string of the molecule is CCCC1CCN(C(CN)c2cn(C)nc2CC)C1. The topological polar surface area (TPSA) is 47.1 Å². The van der Waals surface area contributed by atoms with Gasteiger partial charge in [-0.25, -0.2) is 0 Å². The molecule has 1 aliphatic heterocycles. The monoisotopic (exact) mass is 264 g/mol. The summed E-state index contributed by atoms with van der Waals surface area (Å²) in [5.41, 5.74) is 8.60. The second kappa shape index (κ2) is 6.53. The minimum absolute atomic E-state index is 0.352. The molecule has 2 heterocycles. The maximum Gasteiger partial charge on any atom is 0.0670 e. The lowest BCUT2D eigenvalue weighted by atomic mass is 10.0. The van der Waals surface area contributed by atoms with E-state index in [9.17, 15) is 0 Å². The first-order valence-electron chi connectivity index (χ1n) is 7.66. The molecule has 108 valence electrons. The molecule has 1 fully saturated rings. The van der Waals surface area contributed by atoms with Crippen LogP contribution in [-0.2, 0) is 13.5 Å². The Bertz CT molecular complexity index is 399. The Morgan fingerprint density at radius 1 is 1.47 bits per heavy atom. The highest BCUT2D eigenvalue weighted by Gasteiger charge is 2.29. The first-order chi connectivity index (χ1) is 9.19. The molecular formula is C15H28N4. The van der Waals surface area contributed by atoms with E-state index in [0.29, 0.717) is 12.6 Å². The Balaban J connectivity index is 2.11. The Hall–Kier alpha value is -0.870. The van der Waals surface area contributed by atoms with Gasteiger partial charge in [0.2, 0.25) is 0 Å². The summed E-state index contributed by atoms with van der Waals surface area (Å²) in [5, 5.41) is 4.56. The lowest BCUT2D eigenvalue weighted by Gasteiger charge is -2.26. The highest BCUT2D eigenvalue weighted by atomic mass is 15.3. The molecule has 4 heteroatoms. The maximum absolute atomic E-state index is 6.06. The van der Waals surface area contributed by atoms with Gasteiger partial charge in [0.05, 0.1) is 11.7 Å². The summed E-state index contributed by atoms with van der Waals surface area (Å²) >= 11 is 0. The van der Waals surface area contributed by atoms with Gasteiger partial charge in [0.25, 0.3) is 0 Å². The Morgan fingerprint density at radius 2 is 2.26 bits per heavy atom. The molecule has 4 nitrogen and oxygen atoms in total. The van der Waals surface area contributed by atoms with E-state index in [4.69, 9.17) is 5.73 Å². The third-order valence-corrected chi connectivity index (χ3v) is 4.31. The van der Waals surface area contributed by atoms with Crippen LogP contribution in [0.5, 0.6) is 0 Å². The van der Waals surface area contributed by atoms with Gasteiger partial charge in [-0.3, -0.25) is 9.58 Å². The molecule has 1 saturated heterocycles. The van der Waals surface area contributed by atoms with E-state index in [1.54, 1.807) is 0 Å². The van der Waals surface area contributed by atoms with E-state index in [2.05, 4.69) is 30.0 Å². The zero-order valence-electron chi connectivity index (χ0n) is 12.6. The molecule has 0 saturated carbocycles. The smallest absolute Gasteiger partial charge is 0.0670 e. The van der Waals surface area contributed by atoms with Crippen molar-refractivity contribution < 1.29 is 0 Å². The fourth-order valence-corrected chi connectivity index (χ4v) is 3.37. The number of aryl methyl sites for hydroxylation is 2. The summed E-state index contributed by atoms with van der Waals surface area (Å²) < 4.78 is 1.93. The molecule has 19 heavy (non-hydrogen) atoms. The van der Waals surface area contributed by atoms with Crippen LogP contribution < -0.4 is 5.73 Å². The molecule has 1 aromatic rings. The van der Waals surface area contributed by atoms with Crippen molar-refractivity contribution in [1.82, 2.24) is 14.7 Å². The number of hydrogen-bond acceptors (Lipinski definition) is 3. The van der Waals surface area contributed by atoms with Crippen molar-refractivity contribution in [3.05, 3.63) is 17.5 Å². The van der Waals surface area contributed by atoms with Crippen molar-refractivity contribution >= 4 is 0 Å². The van der Waals surface area contributed by atoms with Crippen LogP contribution in [0.1, 0.15) is 50.4 Å². The van der Waals surface area contributed by atoms with Crippen molar-refractivity contribution in [2.75, 3.05) is 19.6 Å². The maximum atomic E-state index is 6.06. The zero-order valence-corrected chi connectivity index (χ0v) is 12.6. The van der Waals surface area contributed by atoms with Gasteiger partial charge in [-0.1, -0.05) is 20.3 Å². The summed E-state index contributed by atoms with van der Waals surface area (Å²) in [6.07, 6.45) is 7.11. The first kappa shape index (κ1) is 14.5. The van der Waals surface area contributed by atoms with Crippen LogP contribution in [0.15, 0.2) is 6.20 Å². The standard InChI is InChI=1S/C15H28N4/c1-4-6-12-7-8-19(10-12)15(9-16)13-11-18(3)17-14(13)5-2/h11-12,15H,4-10,16H2,1-3H3. The van der Waals surface area contributed by atoms with Crippen molar-refractivity contribution in [2.45, 2.75) is 45.6 Å². The Labute approximate surface area is 117 Å². The number of hydrogen-bond donors (Lipinski definition) is 1. The molecule has 2 rings (SSSR count). The third-order valence-electron chi connectivity index (χ3n) is 4.31. The van der Waals surface area contributed by atoms with Gasteiger partial charge < -0.3 is 5.73 Å². The fraction of sp³-hybridized carbons (Fsp3) is 0.800. The van der Waals surface area contributed by atoms with Crippen LogP contribution in [0.25, 0.3) is 0 Å². The molecule has 0 spiro atoms. The largest absolute Gasteiger partial charge is 0.329 e. The van der Waals surface area contributed by atoms with Gasteiger partial charge in [-0.05, 0) is 31.7 Å². The van der Waals surface area contributed by atoms with Gasteiger partial charge in [-0.2, -0.15) is 5.10 Å². The number of nitrogens with two attached hydrogens (primary N) is 1. The second-order valence-electron chi connectivity index (χ2n) is 5.75. The molecule has 0 bridgehead atoms. The predicted molar refractivity (Wildman–Crippen MR) is 79.0 cm³/mol. The summed E-state index contributed by atoms with van der Waals surface area (Å²) in [4.78, 5) is 2.57. The van der Waals surface area contributed by atoms with Crippen LogP contribution in [0.4, 0.5) is 0 Å². The molecule has 0 radical (unpaired) electrons. The molecule has 0 aliphatic carbocycles. The van der Waals surface area contributed by atoms with Crippen molar-refractivity contribution in [3.8, 4) is 0 Å². The Morgan fingerprint density at radius 3 is 2.89 bits per heavy atom. The molecule has 2 atom stereocenters. The Kier molecular flexibility index (Phi) is 4.99. The normalized spacial score (nSPS) is 22.0. The van der Waals surface area contributed by atoms with E-state index < -0.39 is 0 Å². The zero-order chi connectivity index (χ0) is 13.8. The van der Waals surface area contributed by atoms with Crippen molar-refractivity contribution in [1.29, 1.82) is 0 Å². The van der Waals surface area contributed by atoms with Crippen molar-refractivity contribution in [2.24, 2.45) is 18.7 Å². The van der Waals surface area contributed by atoms with E-state index in [1.165, 1.54) is 43.6 Å². The highest BCUT2D eigenvalue weighted by Crippen LogP contribution is 2.30. The number of nitrogens with zero attached hydrogens (tertiary/aromatic N) is 3. The van der Waals surface area contributed by atoms with E-state index in [0.717, 1.165) is 12.3 Å². The van der Waals surface area contributed by atoms with E-state index >= 15 is 0 Å². The lowest BCUT2D eigenvalue weighted by molar-refractivity contribution is 0.238. The second-order valence-corrected chi connectivity index (χ2v) is 5.75. The van der Waals surface area contributed by atoms with E-state index in [1.807, 2.05) is 11.7 Å². The summed E-state index contributed by atoms with van der Waals surface area (Å²) in [6, 6.07) is 0.352. The molecule has 1 aromatic heterocycles. The highest BCUT2D eigenvalue weighted by molar-refractivity contribution is 5.22. The molecule has 0 amide bonds. The summed E-state index contributed by atoms with van der Waals surface area (Å²) in [6.45, 7) is 7.53. The van der Waals surface area contributed by atoms with Crippen LogP contribution in [0.2, 0.25) is 0 Å². The van der Waals surface area contributed by atoms with Crippen LogP contribution in [-0.4, -0.2) is 34.3 Å². The van der Waals surface area contributed by atoms with Crippen LogP contribution in [0, 0.1) is 5.92 Å². The third kappa shape index (κ3) is 3.18. The van der Waals surface area contributed by atoms with Gasteiger partial charge in [0.15, 0.2) is 0 Å². The average molecular weight is 264 g/mol. The van der Waals surface area contributed by atoms with Gasteiger partial charge in [0, 0.05) is 31.9 Å². The first-order valence-corrected chi connectivity index (χ1v) is 7.66. The van der Waals surface area contributed by atoms with Crippen LogP contribution >= 0.6 is 0 Å². The summed E-state index contributed by atoms with van der Waals surface area (Å²) in [7, 11) is 2.00. The van der Waals surface area contributed by atoms with Gasteiger partial charge >= 0.3 is 0 Å². The van der Waals surface area contributed by atoms with Gasteiger partial charge in [0.1, 0.15) is 0 Å². The number of aromatic nitrogens is 2. The lowest BCUT2D eigenvalue weighted by Crippen LogP contribution is -2.32. The number of likely N-dealkylation sites (tertiary alicyclic amines) is 1. The molecule has 2 N–H and O–H groups in total. The fourth-order valence-electron chi connectivity index (χ4n) is 3.37. The molecule has 2 unspecified atom stereocenters. The molecule has 0 aromatic carbocycles. The minimum Gasteiger partial charge on any atom is -0.329 e. The quantitative estimate of drug-likeness (QED) is 0.856. The van der Waals surface area contributed by atoms with Crippen molar-refractivity contribution in [3.63, 3.8) is 0 Å². The summed E-state index contributed by atoms with van der Waals surface area (Å²) in [5.74, 6) is 0.862. The molecule has 1 aliphatic rings. The minimum atomic E-state index is 0.352. The van der Waals surface area contributed by atoms with Crippen LogP contribution in [0.3, 0.4) is 0 Å². The number of rotatable bonds is 6.